The third-order valence-corrected chi connectivity index (χ3v) is 2.45. The van der Waals surface area contributed by atoms with Gasteiger partial charge in [0.2, 0.25) is 5.91 Å². The van der Waals surface area contributed by atoms with Crippen molar-refractivity contribution in [3.63, 3.8) is 0 Å². The van der Waals surface area contributed by atoms with Crippen LogP contribution in [0.4, 0.5) is 16.2 Å². The summed E-state index contributed by atoms with van der Waals surface area (Å²) in [5, 5.41) is 16.3. The van der Waals surface area contributed by atoms with Gasteiger partial charge < -0.3 is 21.1 Å². The van der Waals surface area contributed by atoms with Gasteiger partial charge in [0.15, 0.2) is 0 Å². The first-order valence-electron chi connectivity index (χ1n) is 6.10. The fourth-order valence-corrected chi connectivity index (χ4v) is 1.54. The van der Waals surface area contributed by atoms with Crippen molar-refractivity contribution in [3.8, 4) is 0 Å². The van der Waals surface area contributed by atoms with Gasteiger partial charge in [-0.15, -0.1) is 0 Å². The number of hydrogen-bond donors (Lipinski definition) is 4. The molecule has 0 aromatic heterocycles. The smallest absolute Gasteiger partial charge is 0.326 e. The average molecular weight is 279 g/mol. The maximum Gasteiger partial charge on any atom is 0.326 e. The number of benzene rings is 1. The highest BCUT2D eigenvalue weighted by molar-refractivity contribution is 5.94. The zero-order valence-electron chi connectivity index (χ0n) is 11.3. The molecule has 7 nitrogen and oxygen atoms in total. The molecule has 108 valence electrons. The Bertz CT molecular complexity index is 516. The normalized spacial score (nSPS) is 11.3. The number of carboxylic acid groups (broad SMARTS) is 1. The summed E-state index contributed by atoms with van der Waals surface area (Å²) in [6, 6.07) is 4.99. The van der Waals surface area contributed by atoms with E-state index < -0.39 is 18.0 Å². The molecule has 1 rings (SSSR count). The Morgan fingerprint density at radius 3 is 2.30 bits per heavy atom. The second-order valence-electron chi connectivity index (χ2n) is 4.16. The largest absolute Gasteiger partial charge is 0.480 e. The summed E-state index contributed by atoms with van der Waals surface area (Å²) in [6.07, 6.45) is 0.286. The van der Waals surface area contributed by atoms with E-state index in [-0.39, 0.29) is 12.3 Å². The molecule has 0 radical (unpaired) electrons. The summed E-state index contributed by atoms with van der Waals surface area (Å²) in [7, 11) is 0. The van der Waals surface area contributed by atoms with Crippen LogP contribution in [-0.4, -0.2) is 29.1 Å². The molecular formula is C13H17N3O4. The maximum atomic E-state index is 11.6. The lowest BCUT2D eigenvalue weighted by Crippen LogP contribution is -2.42. The number of aliphatic carboxylic acids is 1. The molecule has 0 unspecified atom stereocenters. The van der Waals surface area contributed by atoms with E-state index in [1.54, 1.807) is 31.2 Å². The molecule has 0 spiro atoms. The van der Waals surface area contributed by atoms with Crippen LogP contribution in [-0.2, 0) is 9.59 Å². The Morgan fingerprint density at radius 1 is 1.20 bits per heavy atom. The van der Waals surface area contributed by atoms with Crippen molar-refractivity contribution in [2.45, 2.75) is 26.3 Å². The molecule has 20 heavy (non-hydrogen) atoms. The Kier molecular flexibility index (Phi) is 5.52. The average Bonchev–Trinajstić information content (AvgIpc) is 2.35. The van der Waals surface area contributed by atoms with Crippen LogP contribution in [0.25, 0.3) is 0 Å². The Labute approximate surface area is 116 Å². The van der Waals surface area contributed by atoms with E-state index in [9.17, 15) is 14.4 Å². The summed E-state index contributed by atoms with van der Waals surface area (Å²) in [5.41, 5.74) is 0.995. The molecule has 0 bridgehead atoms. The van der Waals surface area contributed by atoms with Gasteiger partial charge in [-0.2, -0.15) is 0 Å². The number of urea groups is 1. The lowest BCUT2D eigenvalue weighted by Gasteiger charge is -2.13. The zero-order chi connectivity index (χ0) is 15.1. The molecule has 0 saturated heterocycles. The maximum absolute atomic E-state index is 11.6. The quantitative estimate of drug-likeness (QED) is 0.657. The lowest BCUT2D eigenvalue weighted by molar-refractivity contribution is -0.139. The number of carbonyl (C=O) groups is 3. The van der Waals surface area contributed by atoms with E-state index in [1.807, 2.05) is 0 Å². The second kappa shape index (κ2) is 7.13. The minimum atomic E-state index is -1.09. The molecule has 0 heterocycles. The topological polar surface area (TPSA) is 108 Å². The molecule has 0 aliphatic rings. The molecule has 0 aliphatic heterocycles. The number of anilines is 2. The van der Waals surface area contributed by atoms with Crippen LogP contribution >= 0.6 is 0 Å². The second-order valence-corrected chi connectivity index (χ2v) is 4.16. The standard InChI is InChI=1S/C13H17N3O4/c1-3-11(12(18)19)16-13(20)15-10-6-4-5-9(7-10)14-8(2)17/h4-7,11H,3H2,1-2H3,(H,14,17)(H,18,19)(H2,15,16,20)/t11-/m1/s1. The first kappa shape index (κ1) is 15.5. The molecule has 0 aliphatic carbocycles. The van der Waals surface area contributed by atoms with Gasteiger partial charge in [0.05, 0.1) is 0 Å². The summed E-state index contributed by atoms with van der Waals surface area (Å²) >= 11 is 0. The number of carboxylic acids is 1. The minimum absolute atomic E-state index is 0.219. The molecule has 3 amide bonds. The summed E-state index contributed by atoms with van der Waals surface area (Å²) in [6.45, 7) is 3.04. The Hall–Kier alpha value is -2.57. The number of rotatable bonds is 5. The zero-order valence-corrected chi connectivity index (χ0v) is 11.3. The predicted octanol–water partition coefficient (Wildman–Crippen LogP) is 1.63. The SMILES string of the molecule is CC[C@@H](NC(=O)Nc1cccc(NC(C)=O)c1)C(=O)O. The van der Waals surface area contributed by atoms with Crippen molar-refractivity contribution in [3.05, 3.63) is 24.3 Å². The van der Waals surface area contributed by atoms with Crippen molar-refractivity contribution in [2.24, 2.45) is 0 Å². The number of hydrogen-bond acceptors (Lipinski definition) is 3. The molecule has 1 aromatic rings. The van der Waals surface area contributed by atoms with Crippen LogP contribution in [0.1, 0.15) is 20.3 Å². The van der Waals surface area contributed by atoms with Gasteiger partial charge in [-0.1, -0.05) is 13.0 Å². The van der Waals surface area contributed by atoms with E-state index >= 15 is 0 Å². The van der Waals surface area contributed by atoms with Gasteiger partial charge in [-0.25, -0.2) is 9.59 Å². The van der Waals surface area contributed by atoms with E-state index in [1.165, 1.54) is 6.92 Å². The van der Waals surface area contributed by atoms with Crippen molar-refractivity contribution in [1.29, 1.82) is 0 Å². The summed E-state index contributed by atoms with van der Waals surface area (Å²) in [5.74, 6) is -1.31. The summed E-state index contributed by atoms with van der Waals surface area (Å²) in [4.78, 5) is 33.4. The van der Waals surface area contributed by atoms with Crippen molar-refractivity contribution in [1.82, 2.24) is 5.32 Å². The first-order valence-corrected chi connectivity index (χ1v) is 6.10. The van der Waals surface area contributed by atoms with Gasteiger partial charge in [0.25, 0.3) is 0 Å². The van der Waals surface area contributed by atoms with Crippen LogP contribution in [0.15, 0.2) is 24.3 Å². The van der Waals surface area contributed by atoms with Gasteiger partial charge in [-0.3, -0.25) is 4.79 Å². The van der Waals surface area contributed by atoms with Crippen molar-refractivity contribution < 1.29 is 19.5 Å². The fourth-order valence-electron chi connectivity index (χ4n) is 1.54. The number of carbonyl (C=O) groups excluding carboxylic acids is 2. The van der Waals surface area contributed by atoms with Crippen molar-refractivity contribution >= 4 is 29.3 Å². The van der Waals surface area contributed by atoms with Gasteiger partial charge in [0, 0.05) is 18.3 Å². The fraction of sp³-hybridized carbons (Fsp3) is 0.308. The van der Waals surface area contributed by atoms with E-state index in [4.69, 9.17) is 5.11 Å². The molecule has 4 N–H and O–H groups in total. The summed E-state index contributed by atoms with van der Waals surface area (Å²) < 4.78 is 0. The van der Waals surface area contributed by atoms with Crippen LogP contribution in [0, 0.1) is 0 Å². The first-order chi connectivity index (χ1) is 9.42. The molecular weight excluding hydrogens is 262 g/mol. The lowest BCUT2D eigenvalue weighted by atomic mass is 10.2. The van der Waals surface area contributed by atoms with Crippen LogP contribution in [0.2, 0.25) is 0 Å². The molecule has 1 aromatic carbocycles. The monoisotopic (exact) mass is 279 g/mol. The molecule has 0 saturated carbocycles. The molecule has 0 fully saturated rings. The number of amides is 3. The van der Waals surface area contributed by atoms with Gasteiger partial charge in [-0.05, 0) is 24.6 Å². The van der Waals surface area contributed by atoms with Crippen LogP contribution < -0.4 is 16.0 Å². The minimum Gasteiger partial charge on any atom is -0.480 e. The number of nitrogens with one attached hydrogen (secondary N) is 3. The molecule has 1 atom stereocenters. The highest BCUT2D eigenvalue weighted by atomic mass is 16.4. The van der Waals surface area contributed by atoms with E-state index in [0.717, 1.165) is 0 Å². The van der Waals surface area contributed by atoms with Crippen molar-refractivity contribution in [2.75, 3.05) is 10.6 Å². The van der Waals surface area contributed by atoms with Crippen LogP contribution in [0.5, 0.6) is 0 Å². The van der Waals surface area contributed by atoms with Crippen LogP contribution in [0.3, 0.4) is 0 Å². The molecule has 7 heteroatoms. The highest BCUT2D eigenvalue weighted by Gasteiger charge is 2.17. The Balaban J connectivity index is 2.66. The van der Waals surface area contributed by atoms with Gasteiger partial charge in [0.1, 0.15) is 6.04 Å². The van der Waals surface area contributed by atoms with Gasteiger partial charge >= 0.3 is 12.0 Å². The predicted molar refractivity (Wildman–Crippen MR) is 74.6 cm³/mol. The van der Waals surface area contributed by atoms with E-state index in [0.29, 0.717) is 11.4 Å². The Morgan fingerprint density at radius 2 is 1.80 bits per heavy atom. The highest BCUT2D eigenvalue weighted by Crippen LogP contribution is 2.14. The van der Waals surface area contributed by atoms with E-state index in [2.05, 4.69) is 16.0 Å². The third kappa shape index (κ3) is 4.97. The third-order valence-electron chi connectivity index (χ3n) is 2.45.